The number of ether oxygens (including phenoxy) is 6. The zero-order valence-corrected chi connectivity index (χ0v) is 69.5. The van der Waals surface area contributed by atoms with Crippen molar-refractivity contribution in [3.05, 3.63) is 310 Å². The van der Waals surface area contributed by atoms with Gasteiger partial charge < -0.3 is 38.2 Å². The van der Waals surface area contributed by atoms with E-state index in [1.54, 1.807) is 0 Å². The van der Waals surface area contributed by atoms with E-state index < -0.39 is 0 Å². The van der Waals surface area contributed by atoms with Crippen molar-refractivity contribution in [2.45, 2.75) is 146 Å². The fourth-order valence-electron chi connectivity index (χ4n) is 16.1. The first-order chi connectivity index (χ1) is 57.0. The van der Waals surface area contributed by atoms with Gasteiger partial charge in [0.2, 0.25) is 0 Å². The lowest BCUT2D eigenvalue weighted by Crippen LogP contribution is -2.16. The molecule has 0 spiro atoms. The lowest BCUT2D eigenvalue weighted by Gasteiger charge is -2.33. The molecular formula is C108H110N2O6. The van der Waals surface area contributed by atoms with Crippen molar-refractivity contribution in [2.24, 2.45) is 0 Å². The summed E-state index contributed by atoms with van der Waals surface area (Å²) in [6.45, 7) is 25.1. The first-order valence-corrected chi connectivity index (χ1v) is 42.6. The Hall–Kier alpha value is -12.0. The van der Waals surface area contributed by atoms with E-state index in [9.17, 15) is 0 Å². The van der Waals surface area contributed by atoms with E-state index in [2.05, 4.69) is 346 Å². The van der Waals surface area contributed by atoms with Gasteiger partial charge in [-0.15, -0.1) is 0 Å². The highest BCUT2D eigenvalue weighted by atomic mass is 16.5. The molecule has 0 saturated carbocycles. The Morgan fingerprint density at radius 3 is 0.784 bits per heavy atom. The van der Waals surface area contributed by atoms with Crippen molar-refractivity contribution in [1.29, 1.82) is 0 Å². The normalized spacial score (nSPS) is 11.5. The van der Waals surface area contributed by atoms with Gasteiger partial charge in [-0.25, -0.2) is 0 Å². The molecule has 15 aromatic rings. The van der Waals surface area contributed by atoms with E-state index in [0.717, 1.165) is 210 Å². The van der Waals surface area contributed by atoms with Gasteiger partial charge in [-0.3, -0.25) is 0 Å². The number of fused-ring (bicyclic) bond motifs is 6. The number of hydrogen-bond acceptors (Lipinski definition) is 8. The quantitative estimate of drug-likeness (QED) is 0.0167. The van der Waals surface area contributed by atoms with Crippen LogP contribution in [0.3, 0.4) is 0 Å². The van der Waals surface area contributed by atoms with Crippen LogP contribution in [0.1, 0.15) is 174 Å². The molecule has 0 amide bonds. The van der Waals surface area contributed by atoms with Crippen LogP contribution in [-0.4, -0.2) is 39.6 Å². The largest absolute Gasteiger partial charge is 0.493 e. The van der Waals surface area contributed by atoms with Crippen LogP contribution in [0.4, 0.5) is 34.1 Å². The lowest BCUT2D eigenvalue weighted by atomic mass is 9.83. The molecule has 0 aliphatic carbocycles. The topological polar surface area (TPSA) is 61.9 Å². The van der Waals surface area contributed by atoms with E-state index in [-0.39, 0.29) is 0 Å². The number of unbranched alkanes of at least 4 members (excludes halogenated alkanes) is 6. The standard InChI is InChI=1S/C108H110N2O6/c1-11-17-61-111-85-69-97(113-63-19-13-3)107(98(70-85)114-64-20-14-4)109(83-57-45-77(46-58-83)67-95(79-49-37-73(7)38-50-79)80-51-39-74(8)40-52-80)105-89-31-25-23-29-87(89)101-92-34-28-36-94-104(92)102(91-33-27-35-93(105)103(91)101)88-30-24-26-32-90(88)106(94)110(108-99(115-65-21-15-5)71-86(112-62-18-12-2)72-100(108)116-66-22-16-6)84-59-47-78(48-60-84)68-96(81-53-41-75(9)42-54-81)82-55-43-76(10)44-56-82/h23-60,67-72H,11-22,61-66H2,1-10H3. The molecule has 0 saturated heterocycles. The van der Waals surface area contributed by atoms with Gasteiger partial charge in [0, 0.05) is 68.0 Å². The molecule has 588 valence electrons. The summed E-state index contributed by atoms with van der Waals surface area (Å²) in [7, 11) is 0. The predicted molar refractivity (Wildman–Crippen MR) is 493 cm³/mol. The SMILES string of the molecule is CCCCOc1cc(OCCCC)c(N(c2ccc(C=C(c3ccc(C)cc3)c3ccc(C)cc3)cc2)c2c3ccccc3c3c4cccc5c(N(c6ccc(C=C(c7ccc(C)cc7)c7ccc(C)cc7)cc6)c6c(OCCCC)cc(OCCCC)cc6OCCCC)c6ccccc6c(c6cccc2c63)c54)c(OCCCC)c1. The van der Waals surface area contributed by atoms with Crippen LogP contribution in [0, 0.1) is 27.7 Å². The molecule has 0 fully saturated rings. The molecule has 0 bridgehead atoms. The molecule has 0 aliphatic heterocycles. The smallest absolute Gasteiger partial charge is 0.150 e. The van der Waals surface area contributed by atoms with Crippen molar-refractivity contribution < 1.29 is 28.4 Å². The highest BCUT2D eigenvalue weighted by Gasteiger charge is 2.33. The predicted octanol–water partition coefficient (Wildman–Crippen LogP) is 30.5. The van der Waals surface area contributed by atoms with Gasteiger partial charge in [0.15, 0.2) is 23.0 Å². The first kappa shape index (κ1) is 79.2. The molecule has 8 nitrogen and oxygen atoms in total. The van der Waals surface area contributed by atoms with Gasteiger partial charge in [0.05, 0.1) is 51.0 Å². The maximum Gasteiger partial charge on any atom is 0.150 e. The second kappa shape index (κ2) is 37.1. The van der Waals surface area contributed by atoms with Crippen LogP contribution >= 0.6 is 0 Å². The summed E-state index contributed by atoms with van der Waals surface area (Å²) in [5, 5.41) is 13.6. The molecule has 0 atom stereocenters. The van der Waals surface area contributed by atoms with E-state index in [1.807, 2.05) is 0 Å². The number of benzene rings is 15. The summed E-state index contributed by atoms with van der Waals surface area (Å²) < 4.78 is 42.3. The molecule has 0 aliphatic rings. The average Bonchev–Trinajstić information content (AvgIpc) is 0.682. The number of nitrogens with zero attached hydrogens (tertiary/aromatic N) is 2. The summed E-state index contributed by atoms with van der Waals surface area (Å²) in [6.07, 6.45) is 15.9. The Balaban J connectivity index is 1.02. The summed E-state index contributed by atoms with van der Waals surface area (Å²) in [5.74, 6) is 4.24. The van der Waals surface area contributed by atoms with Crippen molar-refractivity contribution in [1.82, 2.24) is 0 Å². The van der Waals surface area contributed by atoms with Gasteiger partial charge in [0.25, 0.3) is 0 Å². The Morgan fingerprint density at radius 2 is 0.500 bits per heavy atom. The van der Waals surface area contributed by atoms with Crippen LogP contribution in [0.25, 0.3) is 87.9 Å². The number of rotatable bonds is 36. The van der Waals surface area contributed by atoms with E-state index in [1.165, 1.54) is 43.8 Å². The minimum absolute atomic E-state index is 0.512. The average molecular weight is 1530 g/mol. The van der Waals surface area contributed by atoms with Crippen LogP contribution in [0.5, 0.6) is 34.5 Å². The van der Waals surface area contributed by atoms with Gasteiger partial charge in [0.1, 0.15) is 22.9 Å². The highest BCUT2D eigenvalue weighted by Crippen LogP contribution is 2.59. The lowest BCUT2D eigenvalue weighted by molar-refractivity contribution is 0.281. The van der Waals surface area contributed by atoms with Crippen LogP contribution in [0.15, 0.2) is 255 Å². The molecule has 8 heteroatoms. The summed E-state index contributed by atoms with van der Waals surface area (Å²) in [5.41, 5.74) is 19.5. The minimum Gasteiger partial charge on any atom is -0.493 e. The van der Waals surface area contributed by atoms with Gasteiger partial charge >= 0.3 is 0 Å². The minimum atomic E-state index is 0.512. The Bertz CT molecular complexity index is 5420. The third kappa shape index (κ3) is 16.9. The zero-order chi connectivity index (χ0) is 80.0. The maximum atomic E-state index is 7.23. The molecule has 0 radical (unpaired) electrons. The molecule has 15 rings (SSSR count). The van der Waals surface area contributed by atoms with E-state index in [0.29, 0.717) is 62.6 Å². The molecule has 0 heterocycles. The summed E-state index contributed by atoms with van der Waals surface area (Å²) in [4.78, 5) is 4.92. The summed E-state index contributed by atoms with van der Waals surface area (Å²) in [6, 6.07) is 94.5. The molecular weight excluding hydrogens is 1420 g/mol. The maximum absolute atomic E-state index is 7.23. The number of hydrogen-bond donors (Lipinski definition) is 0. The zero-order valence-electron chi connectivity index (χ0n) is 69.5. The monoisotopic (exact) mass is 1530 g/mol. The second-order valence-electron chi connectivity index (χ2n) is 31.2. The Kier molecular flexibility index (Phi) is 25.3. The highest BCUT2D eigenvalue weighted by molar-refractivity contribution is 6.45. The van der Waals surface area contributed by atoms with Crippen LogP contribution in [-0.2, 0) is 0 Å². The molecule has 0 aromatic heterocycles. The summed E-state index contributed by atoms with van der Waals surface area (Å²) >= 11 is 0. The fraction of sp³-hybridized carbons (Fsp3) is 0.259. The van der Waals surface area contributed by atoms with Gasteiger partial charge in [-0.1, -0.05) is 309 Å². The number of anilines is 6. The Labute approximate surface area is 686 Å². The van der Waals surface area contributed by atoms with Crippen molar-refractivity contribution in [3.63, 3.8) is 0 Å². The third-order valence-electron chi connectivity index (χ3n) is 22.4. The molecule has 0 N–H and O–H groups in total. The van der Waals surface area contributed by atoms with E-state index in [4.69, 9.17) is 28.4 Å². The molecule has 0 unspecified atom stereocenters. The first-order valence-electron chi connectivity index (χ1n) is 42.6. The number of aryl methyl sites for hydroxylation is 4. The Morgan fingerprint density at radius 1 is 0.250 bits per heavy atom. The van der Waals surface area contributed by atoms with Gasteiger partial charge in [-0.2, -0.15) is 0 Å². The van der Waals surface area contributed by atoms with Gasteiger partial charge in [-0.05, 0) is 179 Å². The van der Waals surface area contributed by atoms with Crippen molar-refractivity contribution in [3.8, 4) is 34.5 Å². The van der Waals surface area contributed by atoms with Crippen LogP contribution in [0.2, 0.25) is 0 Å². The molecule has 15 aromatic carbocycles. The second-order valence-corrected chi connectivity index (χ2v) is 31.2. The van der Waals surface area contributed by atoms with E-state index >= 15 is 0 Å². The van der Waals surface area contributed by atoms with Crippen molar-refractivity contribution in [2.75, 3.05) is 49.4 Å². The van der Waals surface area contributed by atoms with Crippen LogP contribution < -0.4 is 38.2 Å². The fourth-order valence-corrected chi connectivity index (χ4v) is 16.1. The molecule has 116 heavy (non-hydrogen) atoms. The van der Waals surface area contributed by atoms with Crippen molar-refractivity contribution >= 4 is 122 Å². The third-order valence-corrected chi connectivity index (χ3v) is 22.4.